The zero-order valence-electron chi connectivity index (χ0n) is 10.7. The van der Waals surface area contributed by atoms with Gasteiger partial charge in [-0.15, -0.1) is 0 Å². The highest BCUT2D eigenvalue weighted by Gasteiger charge is 2.06. The SMILES string of the molecule is O.O=C(Nc1ccc([N+](=O)[O-])cc1)Nc1cccc(O)c1. The van der Waals surface area contributed by atoms with E-state index in [1.165, 1.54) is 36.4 Å². The minimum absolute atomic E-state index is 0. The first-order valence-corrected chi connectivity index (χ1v) is 5.66. The molecule has 2 aromatic carbocycles. The second-order valence-electron chi connectivity index (χ2n) is 3.93. The Kier molecular flexibility index (Phi) is 5.21. The van der Waals surface area contributed by atoms with E-state index in [2.05, 4.69) is 10.6 Å². The van der Waals surface area contributed by atoms with Gasteiger partial charge in [0.1, 0.15) is 5.75 Å². The van der Waals surface area contributed by atoms with Crippen LogP contribution in [0.4, 0.5) is 21.9 Å². The highest BCUT2D eigenvalue weighted by molar-refractivity contribution is 5.99. The molecule has 2 amide bonds. The number of phenolic OH excluding ortho intramolecular Hbond substituents is 1. The fourth-order valence-corrected chi connectivity index (χ4v) is 1.54. The molecule has 0 aromatic heterocycles. The Labute approximate surface area is 119 Å². The van der Waals surface area contributed by atoms with E-state index in [1.807, 2.05) is 0 Å². The van der Waals surface area contributed by atoms with Gasteiger partial charge in [-0.05, 0) is 24.3 Å². The van der Waals surface area contributed by atoms with E-state index in [0.29, 0.717) is 11.4 Å². The van der Waals surface area contributed by atoms with Gasteiger partial charge in [-0.1, -0.05) is 6.07 Å². The summed E-state index contributed by atoms with van der Waals surface area (Å²) in [5.74, 6) is 0.0399. The normalized spacial score (nSPS) is 9.33. The van der Waals surface area contributed by atoms with E-state index >= 15 is 0 Å². The monoisotopic (exact) mass is 291 g/mol. The average Bonchev–Trinajstić information content (AvgIpc) is 2.39. The molecule has 0 saturated heterocycles. The number of amides is 2. The Morgan fingerprint density at radius 3 is 2.24 bits per heavy atom. The van der Waals surface area contributed by atoms with E-state index in [0.717, 1.165) is 0 Å². The number of phenols is 1. The van der Waals surface area contributed by atoms with Crippen molar-refractivity contribution in [3.63, 3.8) is 0 Å². The van der Waals surface area contributed by atoms with Crippen molar-refractivity contribution in [2.24, 2.45) is 0 Å². The van der Waals surface area contributed by atoms with Crippen LogP contribution in [0, 0.1) is 10.1 Å². The molecule has 0 fully saturated rings. The number of carbonyl (C=O) groups is 1. The number of urea groups is 1. The molecule has 0 aliphatic carbocycles. The number of nitro benzene ring substituents is 1. The van der Waals surface area contributed by atoms with Gasteiger partial charge in [0.05, 0.1) is 4.92 Å². The molecule has 2 rings (SSSR count). The number of rotatable bonds is 3. The van der Waals surface area contributed by atoms with E-state index in [1.54, 1.807) is 12.1 Å². The molecule has 0 spiro atoms. The molecular weight excluding hydrogens is 278 g/mol. The minimum atomic E-state index is -0.517. The van der Waals surface area contributed by atoms with Gasteiger partial charge in [-0.25, -0.2) is 4.79 Å². The largest absolute Gasteiger partial charge is 0.508 e. The summed E-state index contributed by atoms with van der Waals surface area (Å²) in [5.41, 5.74) is 0.807. The molecule has 0 atom stereocenters. The van der Waals surface area contributed by atoms with Crippen LogP contribution in [0.3, 0.4) is 0 Å². The number of benzene rings is 2. The predicted molar refractivity (Wildman–Crippen MR) is 77.5 cm³/mol. The Balaban J connectivity index is 0.00000220. The first-order valence-electron chi connectivity index (χ1n) is 5.66. The molecule has 110 valence electrons. The van der Waals surface area contributed by atoms with Gasteiger partial charge in [0.2, 0.25) is 0 Å². The smallest absolute Gasteiger partial charge is 0.323 e. The van der Waals surface area contributed by atoms with Crippen molar-refractivity contribution in [3.05, 3.63) is 58.6 Å². The van der Waals surface area contributed by atoms with E-state index in [9.17, 15) is 20.0 Å². The van der Waals surface area contributed by atoms with Gasteiger partial charge >= 0.3 is 6.03 Å². The average molecular weight is 291 g/mol. The van der Waals surface area contributed by atoms with Gasteiger partial charge in [0.15, 0.2) is 0 Å². The number of nitrogens with one attached hydrogen (secondary N) is 2. The van der Waals surface area contributed by atoms with E-state index in [-0.39, 0.29) is 16.9 Å². The summed E-state index contributed by atoms with van der Waals surface area (Å²) >= 11 is 0. The number of nitrogens with zero attached hydrogens (tertiary/aromatic N) is 1. The Morgan fingerprint density at radius 1 is 1.05 bits per heavy atom. The van der Waals surface area contributed by atoms with Crippen molar-refractivity contribution in [2.75, 3.05) is 10.6 Å². The van der Waals surface area contributed by atoms with Gasteiger partial charge < -0.3 is 21.2 Å². The van der Waals surface area contributed by atoms with E-state index < -0.39 is 11.0 Å². The number of hydrogen-bond donors (Lipinski definition) is 3. The van der Waals surface area contributed by atoms with Crippen molar-refractivity contribution in [2.45, 2.75) is 0 Å². The molecule has 8 heteroatoms. The highest BCUT2D eigenvalue weighted by Crippen LogP contribution is 2.17. The van der Waals surface area contributed by atoms with Gasteiger partial charge in [0, 0.05) is 29.6 Å². The lowest BCUT2D eigenvalue weighted by Crippen LogP contribution is -2.19. The number of hydrogen-bond acceptors (Lipinski definition) is 4. The van der Waals surface area contributed by atoms with Crippen LogP contribution in [0.2, 0.25) is 0 Å². The zero-order valence-corrected chi connectivity index (χ0v) is 10.7. The molecule has 0 aliphatic rings. The van der Waals surface area contributed by atoms with Crippen LogP contribution in [0.15, 0.2) is 48.5 Å². The summed E-state index contributed by atoms with van der Waals surface area (Å²) in [7, 11) is 0. The zero-order chi connectivity index (χ0) is 14.5. The highest BCUT2D eigenvalue weighted by atomic mass is 16.6. The van der Waals surface area contributed by atoms with Crippen molar-refractivity contribution in [3.8, 4) is 5.75 Å². The maximum Gasteiger partial charge on any atom is 0.323 e. The van der Waals surface area contributed by atoms with Crippen LogP contribution in [-0.2, 0) is 0 Å². The number of nitro groups is 1. The van der Waals surface area contributed by atoms with Gasteiger partial charge in [-0.3, -0.25) is 10.1 Å². The summed E-state index contributed by atoms with van der Waals surface area (Å²) in [6, 6.07) is 11.0. The molecule has 0 radical (unpaired) electrons. The van der Waals surface area contributed by atoms with Crippen molar-refractivity contribution in [1.29, 1.82) is 0 Å². The summed E-state index contributed by atoms with van der Waals surface area (Å²) in [6.45, 7) is 0. The summed E-state index contributed by atoms with van der Waals surface area (Å²) in [4.78, 5) is 21.6. The predicted octanol–water partition coefficient (Wildman–Crippen LogP) is 2.12. The molecule has 0 saturated carbocycles. The number of aromatic hydroxyl groups is 1. The second-order valence-corrected chi connectivity index (χ2v) is 3.93. The van der Waals surface area contributed by atoms with Gasteiger partial charge in [0.25, 0.3) is 5.69 Å². The standard InChI is InChI=1S/C13H11N3O4.H2O/c17-12-3-1-2-10(8-12)15-13(18)14-9-4-6-11(7-5-9)16(19)20;/h1-8,17H,(H2,14,15,18);1H2. The molecule has 0 aliphatic heterocycles. The first kappa shape index (κ1) is 15.9. The van der Waals surface area contributed by atoms with Crippen LogP contribution >= 0.6 is 0 Å². The first-order chi connectivity index (χ1) is 9.54. The van der Waals surface area contributed by atoms with Crippen LogP contribution in [-0.4, -0.2) is 21.5 Å². The topological polar surface area (TPSA) is 136 Å². The molecule has 0 unspecified atom stereocenters. The van der Waals surface area contributed by atoms with Crippen molar-refractivity contribution < 1.29 is 20.3 Å². The Hall–Kier alpha value is -3.13. The van der Waals surface area contributed by atoms with Crippen LogP contribution in [0.1, 0.15) is 0 Å². The maximum atomic E-state index is 11.7. The third kappa shape index (κ3) is 4.48. The summed E-state index contributed by atoms with van der Waals surface area (Å²) in [5, 5.41) is 24.8. The van der Waals surface area contributed by atoms with Crippen molar-refractivity contribution >= 4 is 23.1 Å². The lowest BCUT2D eigenvalue weighted by atomic mass is 10.3. The third-order valence-corrected chi connectivity index (χ3v) is 2.44. The molecule has 0 bridgehead atoms. The molecule has 2 aromatic rings. The lowest BCUT2D eigenvalue weighted by molar-refractivity contribution is -0.384. The quantitative estimate of drug-likeness (QED) is 0.589. The van der Waals surface area contributed by atoms with Crippen molar-refractivity contribution in [1.82, 2.24) is 0 Å². The Bertz CT molecular complexity index is 643. The van der Waals surface area contributed by atoms with E-state index in [4.69, 9.17) is 0 Å². The molecular formula is C13H13N3O5. The molecule has 5 N–H and O–H groups in total. The second kappa shape index (κ2) is 6.87. The third-order valence-electron chi connectivity index (χ3n) is 2.44. The fraction of sp³-hybridized carbons (Fsp3) is 0. The van der Waals surface area contributed by atoms with Crippen LogP contribution in [0.25, 0.3) is 0 Å². The molecule has 0 heterocycles. The summed E-state index contributed by atoms with van der Waals surface area (Å²) < 4.78 is 0. The maximum absolute atomic E-state index is 11.7. The Morgan fingerprint density at radius 2 is 1.67 bits per heavy atom. The fourth-order valence-electron chi connectivity index (χ4n) is 1.54. The molecule has 21 heavy (non-hydrogen) atoms. The minimum Gasteiger partial charge on any atom is -0.508 e. The lowest BCUT2D eigenvalue weighted by Gasteiger charge is -2.07. The van der Waals surface area contributed by atoms with Crippen LogP contribution in [0.5, 0.6) is 5.75 Å². The number of carbonyl (C=O) groups excluding carboxylic acids is 1. The van der Waals surface area contributed by atoms with Crippen LogP contribution < -0.4 is 10.6 Å². The van der Waals surface area contributed by atoms with Gasteiger partial charge in [-0.2, -0.15) is 0 Å². The summed E-state index contributed by atoms with van der Waals surface area (Å²) in [6.07, 6.45) is 0. The molecule has 8 nitrogen and oxygen atoms in total. The number of anilines is 2. The number of non-ortho nitro benzene ring substituents is 1.